The van der Waals surface area contributed by atoms with Gasteiger partial charge in [0.15, 0.2) is 5.11 Å². The van der Waals surface area contributed by atoms with Crippen LogP contribution < -0.4 is 5.32 Å². The molecule has 3 fully saturated rings. The minimum absolute atomic E-state index is 0.500. The number of piperidine rings is 3. The molecule has 1 aromatic rings. The van der Waals surface area contributed by atoms with Crippen LogP contribution in [0.2, 0.25) is 0 Å². The van der Waals surface area contributed by atoms with Crippen LogP contribution in [-0.4, -0.2) is 51.6 Å². The van der Waals surface area contributed by atoms with Crippen LogP contribution in [0.5, 0.6) is 0 Å². The minimum Gasteiger partial charge on any atom is -0.342 e. The fraction of sp³-hybridized carbons (Fsp3) is 0.619. The molecule has 0 saturated carbocycles. The highest BCUT2D eigenvalue weighted by Gasteiger charge is 2.46. The quantitative estimate of drug-likeness (QED) is 0.604. The molecule has 4 nitrogen and oxygen atoms in total. The highest BCUT2D eigenvalue weighted by atomic mass is 32.1. The summed E-state index contributed by atoms with van der Waals surface area (Å²) in [4.78, 5) is 9.47. The first-order valence-corrected chi connectivity index (χ1v) is 10.6. The number of rotatable bonds is 1. The number of pyridine rings is 1. The van der Waals surface area contributed by atoms with Crippen molar-refractivity contribution >= 4 is 23.0 Å². The van der Waals surface area contributed by atoms with Gasteiger partial charge < -0.3 is 10.2 Å². The standard InChI is InChI=1S/C21H28N4S/c26-21(23-18-6-3-8-22-13-18)25-10-4-5-15-11-16-12-17(20(15)25)14-24-9-2-1-7-19(16)24/h3,6,8,11,13,16-17,19-20H,1-2,4-5,7,9-10,12,14H2,(H,23,26). The van der Waals surface area contributed by atoms with Crippen molar-refractivity contribution in [2.24, 2.45) is 11.8 Å². The Bertz CT molecular complexity index is 703. The molecule has 1 N–H and O–H groups in total. The van der Waals surface area contributed by atoms with Crippen molar-refractivity contribution < 1.29 is 0 Å². The first kappa shape index (κ1) is 16.7. The molecule has 0 radical (unpaired) electrons. The molecule has 4 heterocycles. The molecule has 4 aliphatic rings. The predicted octanol–water partition coefficient (Wildman–Crippen LogP) is 3.67. The van der Waals surface area contributed by atoms with E-state index in [0.717, 1.165) is 35.2 Å². The SMILES string of the molecule is S=C(Nc1cccnc1)N1CCCC2=CC3CC(CN4CCCCC34)C21. The van der Waals surface area contributed by atoms with Gasteiger partial charge in [0.1, 0.15) is 0 Å². The number of hydrogen-bond acceptors (Lipinski definition) is 3. The Balaban J connectivity index is 1.39. The lowest BCUT2D eigenvalue weighted by molar-refractivity contribution is 0.0132. The predicted molar refractivity (Wildman–Crippen MR) is 109 cm³/mol. The van der Waals surface area contributed by atoms with Crippen LogP contribution in [0.1, 0.15) is 38.5 Å². The van der Waals surface area contributed by atoms with Gasteiger partial charge in [-0.3, -0.25) is 9.88 Å². The fourth-order valence-corrected chi connectivity index (χ4v) is 6.16. The molecular weight excluding hydrogens is 340 g/mol. The van der Waals surface area contributed by atoms with Gasteiger partial charge in [-0.2, -0.15) is 0 Å². The molecule has 5 heteroatoms. The maximum absolute atomic E-state index is 5.83. The molecule has 0 amide bonds. The summed E-state index contributed by atoms with van der Waals surface area (Å²) >= 11 is 5.83. The van der Waals surface area contributed by atoms with Crippen molar-refractivity contribution in [2.75, 3.05) is 25.0 Å². The number of aromatic nitrogens is 1. The van der Waals surface area contributed by atoms with E-state index >= 15 is 0 Å². The van der Waals surface area contributed by atoms with Crippen LogP contribution in [0.3, 0.4) is 0 Å². The Kier molecular flexibility index (Phi) is 4.45. The average Bonchev–Trinajstić information content (AvgIpc) is 2.68. The minimum atomic E-state index is 0.500. The van der Waals surface area contributed by atoms with Gasteiger partial charge in [-0.05, 0) is 74.8 Å². The van der Waals surface area contributed by atoms with Gasteiger partial charge in [0, 0.05) is 25.3 Å². The topological polar surface area (TPSA) is 31.4 Å². The van der Waals surface area contributed by atoms with E-state index in [1.54, 1.807) is 11.8 Å². The van der Waals surface area contributed by atoms with Crippen LogP contribution in [-0.2, 0) is 0 Å². The maximum Gasteiger partial charge on any atom is 0.173 e. The van der Waals surface area contributed by atoms with E-state index in [1.165, 1.54) is 51.6 Å². The van der Waals surface area contributed by atoms with Crippen molar-refractivity contribution in [2.45, 2.75) is 50.6 Å². The van der Waals surface area contributed by atoms with Crippen molar-refractivity contribution in [3.63, 3.8) is 0 Å². The van der Waals surface area contributed by atoms with Crippen LogP contribution in [0, 0.1) is 11.8 Å². The van der Waals surface area contributed by atoms with E-state index < -0.39 is 0 Å². The highest BCUT2D eigenvalue weighted by molar-refractivity contribution is 7.80. The van der Waals surface area contributed by atoms with Gasteiger partial charge in [0.2, 0.25) is 0 Å². The lowest BCUT2D eigenvalue weighted by Gasteiger charge is -2.55. The summed E-state index contributed by atoms with van der Waals surface area (Å²) in [5.74, 6) is 1.50. The van der Waals surface area contributed by atoms with Crippen molar-refractivity contribution in [3.05, 3.63) is 36.2 Å². The Morgan fingerprint density at radius 2 is 2.19 bits per heavy atom. The summed E-state index contributed by atoms with van der Waals surface area (Å²) < 4.78 is 0. The first-order valence-electron chi connectivity index (χ1n) is 10.2. The number of likely N-dealkylation sites (tertiary alicyclic amines) is 1. The second-order valence-corrected chi connectivity index (χ2v) is 8.76. The third kappa shape index (κ3) is 2.95. The highest BCUT2D eigenvalue weighted by Crippen LogP contribution is 2.45. The molecule has 5 rings (SSSR count). The number of hydrogen-bond donors (Lipinski definition) is 1. The lowest BCUT2D eigenvalue weighted by atomic mass is 9.68. The molecule has 4 atom stereocenters. The monoisotopic (exact) mass is 368 g/mol. The van der Waals surface area contributed by atoms with E-state index in [0.29, 0.717) is 6.04 Å². The smallest absolute Gasteiger partial charge is 0.173 e. The van der Waals surface area contributed by atoms with Crippen LogP contribution in [0.25, 0.3) is 0 Å². The number of thiocarbonyl (C=S) groups is 1. The third-order valence-corrected chi connectivity index (χ3v) is 7.17. The average molecular weight is 369 g/mol. The normalized spacial score (nSPS) is 33.7. The Morgan fingerprint density at radius 3 is 3.08 bits per heavy atom. The molecule has 0 spiro atoms. The second-order valence-electron chi connectivity index (χ2n) is 8.37. The van der Waals surface area contributed by atoms with Crippen LogP contribution in [0.15, 0.2) is 36.2 Å². The summed E-state index contributed by atoms with van der Waals surface area (Å²) in [6.45, 7) is 3.62. The van der Waals surface area contributed by atoms with E-state index in [-0.39, 0.29) is 0 Å². The van der Waals surface area contributed by atoms with Gasteiger partial charge in [0.05, 0.1) is 17.9 Å². The third-order valence-electron chi connectivity index (χ3n) is 6.83. The number of nitrogens with one attached hydrogen (secondary N) is 1. The van der Waals surface area contributed by atoms with Gasteiger partial charge in [0.25, 0.3) is 0 Å². The van der Waals surface area contributed by atoms with Crippen LogP contribution >= 0.6 is 12.2 Å². The van der Waals surface area contributed by atoms with Gasteiger partial charge >= 0.3 is 0 Å². The summed E-state index contributed by atoms with van der Waals surface area (Å²) in [5.41, 5.74) is 2.65. The molecule has 138 valence electrons. The summed E-state index contributed by atoms with van der Waals surface area (Å²) in [7, 11) is 0. The zero-order valence-corrected chi connectivity index (χ0v) is 16.1. The molecule has 26 heavy (non-hydrogen) atoms. The molecule has 3 aliphatic heterocycles. The summed E-state index contributed by atoms with van der Waals surface area (Å²) in [6, 6.07) is 5.30. The molecule has 1 aromatic heterocycles. The number of fused-ring (bicyclic) bond motifs is 6. The Labute approximate surface area is 161 Å². The van der Waals surface area contributed by atoms with E-state index in [9.17, 15) is 0 Å². The Morgan fingerprint density at radius 1 is 1.23 bits per heavy atom. The lowest BCUT2D eigenvalue weighted by Crippen LogP contribution is -2.60. The molecular formula is C21H28N4S. The van der Waals surface area contributed by atoms with E-state index in [1.807, 2.05) is 18.3 Å². The number of nitrogens with zero attached hydrogens (tertiary/aromatic N) is 3. The molecule has 2 bridgehead atoms. The molecule has 4 unspecified atom stereocenters. The maximum atomic E-state index is 5.83. The van der Waals surface area contributed by atoms with E-state index in [2.05, 4.69) is 26.2 Å². The van der Waals surface area contributed by atoms with Crippen molar-refractivity contribution in [3.8, 4) is 0 Å². The Hall–Kier alpha value is -1.46. The van der Waals surface area contributed by atoms with Gasteiger partial charge in [-0.1, -0.05) is 18.1 Å². The van der Waals surface area contributed by atoms with Crippen LogP contribution in [0.4, 0.5) is 5.69 Å². The summed E-state index contributed by atoms with van der Waals surface area (Å²) in [5, 5.41) is 4.30. The van der Waals surface area contributed by atoms with Gasteiger partial charge in [-0.25, -0.2) is 0 Å². The van der Waals surface area contributed by atoms with Gasteiger partial charge in [-0.15, -0.1) is 0 Å². The molecule has 3 saturated heterocycles. The summed E-state index contributed by atoms with van der Waals surface area (Å²) in [6.07, 6.45) is 14.3. The zero-order chi connectivity index (χ0) is 17.5. The first-order chi connectivity index (χ1) is 12.8. The van der Waals surface area contributed by atoms with E-state index in [4.69, 9.17) is 12.2 Å². The number of anilines is 1. The zero-order valence-electron chi connectivity index (χ0n) is 15.3. The fourth-order valence-electron chi connectivity index (χ4n) is 5.83. The largest absolute Gasteiger partial charge is 0.342 e. The second kappa shape index (κ2) is 6.93. The van der Waals surface area contributed by atoms with Crippen molar-refractivity contribution in [1.82, 2.24) is 14.8 Å². The molecule has 1 aliphatic carbocycles. The molecule has 0 aromatic carbocycles. The van der Waals surface area contributed by atoms with Crippen molar-refractivity contribution in [1.29, 1.82) is 0 Å².